The molecule has 1 fully saturated rings. The summed E-state index contributed by atoms with van der Waals surface area (Å²) in [5, 5.41) is 21.1. The fourth-order valence-corrected chi connectivity index (χ4v) is 3.52. The van der Waals surface area contributed by atoms with Gasteiger partial charge in [-0.05, 0) is 37.5 Å². The summed E-state index contributed by atoms with van der Waals surface area (Å²) in [4.78, 5) is 11.3. The molecule has 8 nitrogen and oxygen atoms in total. The van der Waals surface area contributed by atoms with E-state index in [2.05, 4.69) is 10.0 Å². The maximum atomic E-state index is 12.1. The van der Waals surface area contributed by atoms with Crippen molar-refractivity contribution in [3.8, 4) is 0 Å². The highest BCUT2D eigenvalue weighted by Crippen LogP contribution is 2.22. The molecule has 134 valence electrons. The molecule has 4 N–H and O–H groups in total. The minimum atomic E-state index is -3.81. The lowest BCUT2D eigenvalue weighted by Gasteiger charge is -2.15. The van der Waals surface area contributed by atoms with E-state index >= 15 is 0 Å². The molecule has 1 atom stereocenters. The van der Waals surface area contributed by atoms with Crippen molar-refractivity contribution in [3.63, 3.8) is 0 Å². The summed E-state index contributed by atoms with van der Waals surface area (Å²) in [5.41, 5.74) is 0.241. The molecule has 0 saturated carbocycles. The molecule has 24 heavy (non-hydrogen) atoms. The SMILES string of the molecule is O=C(O)c1cc(S(=O)(=O)NCCCO)ccc1NC[C@@H]1CCCO1. The second kappa shape index (κ2) is 8.43. The Balaban J connectivity index is 2.14. The number of aliphatic hydroxyl groups is 1. The number of nitrogens with one attached hydrogen (secondary N) is 2. The second-order valence-corrected chi connectivity index (χ2v) is 7.27. The van der Waals surface area contributed by atoms with Gasteiger partial charge >= 0.3 is 5.97 Å². The van der Waals surface area contributed by atoms with Crippen LogP contribution >= 0.6 is 0 Å². The van der Waals surface area contributed by atoms with E-state index in [-0.39, 0.29) is 36.1 Å². The van der Waals surface area contributed by atoms with Crippen LogP contribution in [0.2, 0.25) is 0 Å². The van der Waals surface area contributed by atoms with Crippen LogP contribution in [0.4, 0.5) is 5.69 Å². The minimum Gasteiger partial charge on any atom is -0.478 e. The maximum absolute atomic E-state index is 12.1. The van der Waals surface area contributed by atoms with Crippen molar-refractivity contribution >= 4 is 21.7 Å². The fourth-order valence-electron chi connectivity index (χ4n) is 2.42. The molecule has 9 heteroatoms. The van der Waals surface area contributed by atoms with Gasteiger partial charge in [0.1, 0.15) is 0 Å². The third-order valence-electron chi connectivity index (χ3n) is 3.70. The van der Waals surface area contributed by atoms with Gasteiger partial charge in [0.15, 0.2) is 0 Å². The number of anilines is 1. The number of carboxylic acids is 1. The van der Waals surface area contributed by atoms with Gasteiger partial charge in [0.25, 0.3) is 0 Å². The van der Waals surface area contributed by atoms with Gasteiger partial charge in [0.2, 0.25) is 10.0 Å². The number of aromatic carboxylic acids is 1. The van der Waals surface area contributed by atoms with Crippen LogP contribution in [-0.4, -0.2) is 57.0 Å². The van der Waals surface area contributed by atoms with Crippen LogP contribution in [0, 0.1) is 0 Å². The van der Waals surface area contributed by atoms with Gasteiger partial charge in [0.05, 0.1) is 16.6 Å². The van der Waals surface area contributed by atoms with Crippen LogP contribution in [0.15, 0.2) is 23.1 Å². The lowest BCUT2D eigenvalue weighted by Crippen LogP contribution is -2.26. The van der Waals surface area contributed by atoms with E-state index in [0.29, 0.717) is 18.8 Å². The molecular formula is C15H22N2O6S. The number of hydrogen-bond donors (Lipinski definition) is 4. The average Bonchev–Trinajstić information content (AvgIpc) is 3.06. The van der Waals surface area contributed by atoms with Crippen LogP contribution in [-0.2, 0) is 14.8 Å². The molecule has 0 amide bonds. The quantitative estimate of drug-likeness (QED) is 0.477. The summed E-state index contributed by atoms with van der Waals surface area (Å²) < 4.78 is 32.1. The predicted octanol–water partition coefficient (Wildman–Crippen LogP) is 0.636. The standard InChI is InChI=1S/C15H22N2O6S/c18-7-2-6-17-24(21,22)12-4-5-14(13(9-12)15(19)20)16-10-11-3-1-8-23-11/h4-5,9,11,16-18H,1-3,6-8,10H2,(H,19,20)/t11-/m0/s1. The lowest BCUT2D eigenvalue weighted by atomic mass is 10.1. The summed E-state index contributed by atoms with van der Waals surface area (Å²) in [6.45, 7) is 1.13. The molecule has 0 spiro atoms. The molecular weight excluding hydrogens is 336 g/mol. The van der Waals surface area contributed by atoms with E-state index < -0.39 is 16.0 Å². The summed E-state index contributed by atoms with van der Waals surface area (Å²) in [6, 6.07) is 3.92. The number of ether oxygens (including phenoxy) is 1. The first-order chi connectivity index (χ1) is 11.4. The van der Waals surface area contributed by atoms with Crippen LogP contribution < -0.4 is 10.0 Å². The van der Waals surface area contributed by atoms with Crippen molar-refractivity contribution in [2.45, 2.75) is 30.3 Å². The van der Waals surface area contributed by atoms with Crippen molar-refractivity contribution in [2.24, 2.45) is 0 Å². The van der Waals surface area contributed by atoms with Gasteiger partial charge in [-0.25, -0.2) is 17.9 Å². The number of carbonyl (C=O) groups is 1. The Morgan fingerprint density at radius 3 is 2.79 bits per heavy atom. The molecule has 1 aliphatic rings. The van der Waals surface area contributed by atoms with Gasteiger partial charge < -0.3 is 20.3 Å². The first-order valence-corrected chi connectivity index (χ1v) is 9.25. The van der Waals surface area contributed by atoms with Crippen LogP contribution in [0.5, 0.6) is 0 Å². The Morgan fingerprint density at radius 2 is 2.17 bits per heavy atom. The molecule has 1 heterocycles. The molecule has 1 aliphatic heterocycles. The third kappa shape index (κ3) is 4.91. The topological polar surface area (TPSA) is 125 Å². The van der Waals surface area contributed by atoms with Gasteiger partial charge in [-0.2, -0.15) is 0 Å². The Labute approximate surface area is 140 Å². The first kappa shape index (κ1) is 18.7. The highest BCUT2D eigenvalue weighted by molar-refractivity contribution is 7.89. The van der Waals surface area contributed by atoms with Gasteiger partial charge in [-0.15, -0.1) is 0 Å². The summed E-state index contributed by atoms with van der Waals surface area (Å²) >= 11 is 0. The molecule has 1 saturated heterocycles. The van der Waals surface area contributed by atoms with Crippen LogP contribution in [0.3, 0.4) is 0 Å². The Kier molecular flexibility index (Phi) is 6.55. The van der Waals surface area contributed by atoms with Crippen molar-refractivity contribution in [1.29, 1.82) is 0 Å². The minimum absolute atomic E-state index is 0.0372. The molecule has 0 bridgehead atoms. The molecule has 2 rings (SSSR count). The van der Waals surface area contributed by atoms with E-state index in [1.54, 1.807) is 0 Å². The maximum Gasteiger partial charge on any atom is 0.337 e. The number of sulfonamides is 1. The second-order valence-electron chi connectivity index (χ2n) is 5.50. The van der Waals surface area contributed by atoms with Gasteiger partial charge in [-0.3, -0.25) is 0 Å². The summed E-state index contributed by atoms with van der Waals surface area (Å²) in [5.74, 6) is -1.21. The van der Waals surface area contributed by atoms with E-state index in [9.17, 15) is 18.3 Å². The molecule has 0 radical (unpaired) electrons. The smallest absolute Gasteiger partial charge is 0.337 e. The Hall–Kier alpha value is -1.68. The molecule has 0 aliphatic carbocycles. The van der Waals surface area contributed by atoms with Crippen molar-refractivity contribution in [3.05, 3.63) is 23.8 Å². The number of carboxylic acid groups (broad SMARTS) is 1. The largest absolute Gasteiger partial charge is 0.478 e. The number of hydrogen-bond acceptors (Lipinski definition) is 6. The number of aliphatic hydroxyl groups excluding tert-OH is 1. The van der Waals surface area contributed by atoms with E-state index in [1.165, 1.54) is 12.1 Å². The molecule has 0 aromatic heterocycles. The number of benzene rings is 1. The zero-order chi connectivity index (χ0) is 17.6. The fraction of sp³-hybridized carbons (Fsp3) is 0.533. The van der Waals surface area contributed by atoms with E-state index in [1.807, 2.05) is 0 Å². The zero-order valence-electron chi connectivity index (χ0n) is 13.2. The third-order valence-corrected chi connectivity index (χ3v) is 5.16. The lowest BCUT2D eigenvalue weighted by molar-refractivity contribution is 0.0697. The highest BCUT2D eigenvalue weighted by Gasteiger charge is 2.20. The summed E-state index contributed by atoms with van der Waals surface area (Å²) in [7, 11) is -3.81. The highest BCUT2D eigenvalue weighted by atomic mass is 32.2. The monoisotopic (exact) mass is 358 g/mol. The molecule has 1 aromatic carbocycles. The zero-order valence-corrected chi connectivity index (χ0v) is 14.0. The van der Waals surface area contributed by atoms with Gasteiger partial charge in [0, 0.05) is 32.0 Å². The van der Waals surface area contributed by atoms with Crippen molar-refractivity contribution in [1.82, 2.24) is 4.72 Å². The van der Waals surface area contributed by atoms with Crippen molar-refractivity contribution < 1.29 is 28.2 Å². The normalized spacial score (nSPS) is 17.8. The Bertz CT molecular complexity index is 671. The summed E-state index contributed by atoms with van der Waals surface area (Å²) in [6.07, 6.45) is 2.22. The Morgan fingerprint density at radius 1 is 1.38 bits per heavy atom. The van der Waals surface area contributed by atoms with Crippen LogP contribution in [0.1, 0.15) is 29.6 Å². The molecule has 0 unspecified atom stereocenters. The van der Waals surface area contributed by atoms with E-state index in [4.69, 9.17) is 9.84 Å². The number of rotatable bonds is 9. The van der Waals surface area contributed by atoms with Crippen LogP contribution in [0.25, 0.3) is 0 Å². The van der Waals surface area contributed by atoms with Gasteiger partial charge in [-0.1, -0.05) is 0 Å². The average molecular weight is 358 g/mol. The first-order valence-electron chi connectivity index (χ1n) is 7.77. The van der Waals surface area contributed by atoms with Crippen molar-refractivity contribution in [2.75, 3.05) is 31.6 Å². The molecule has 1 aromatic rings. The van der Waals surface area contributed by atoms with E-state index in [0.717, 1.165) is 18.9 Å². The predicted molar refractivity (Wildman–Crippen MR) is 87.8 cm³/mol.